The lowest BCUT2D eigenvalue weighted by molar-refractivity contribution is 0.660. The molecular formula is C45H36N2. The third-order valence-electron chi connectivity index (χ3n) is 9.73. The van der Waals surface area contributed by atoms with Crippen LogP contribution in [0.25, 0.3) is 39.1 Å². The summed E-state index contributed by atoms with van der Waals surface area (Å²) in [5.41, 5.74) is 16.6. The Kier molecular flexibility index (Phi) is 7.14. The first kappa shape index (κ1) is 28.8. The molecular weight excluding hydrogens is 569 g/mol. The van der Waals surface area contributed by atoms with Crippen LogP contribution in [0.1, 0.15) is 55.0 Å². The van der Waals surface area contributed by atoms with Gasteiger partial charge in [0.15, 0.2) is 5.84 Å². The van der Waals surface area contributed by atoms with Crippen LogP contribution in [0.4, 0.5) is 0 Å². The molecule has 1 aliphatic heterocycles. The molecule has 0 radical (unpaired) electrons. The standard InChI is InChI=1S/C45H36N2/c1-30-28-42(35-22-18-33(19-23-35)31-12-6-4-7-13-31)46-44(36-24-20-34(21-25-36)32-14-8-5-9-15-32)47-43(30)37-26-27-39-38-16-10-11-17-40(38)45(2,3)41(39)29-37/h4-27,29H,28H2,1-3H3. The molecule has 0 saturated heterocycles. The minimum absolute atomic E-state index is 0.0803. The molecule has 47 heavy (non-hydrogen) atoms. The monoisotopic (exact) mass is 604 g/mol. The lowest BCUT2D eigenvalue weighted by Crippen LogP contribution is -2.15. The topological polar surface area (TPSA) is 24.7 Å². The Labute approximate surface area is 277 Å². The lowest BCUT2D eigenvalue weighted by Gasteiger charge is -2.22. The van der Waals surface area contributed by atoms with E-state index in [0.717, 1.165) is 40.4 Å². The molecule has 0 amide bonds. The van der Waals surface area contributed by atoms with E-state index in [4.69, 9.17) is 9.98 Å². The Bertz CT molecular complexity index is 2200. The molecule has 0 fully saturated rings. The van der Waals surface area contributed by atoms with Gasteiger partial charge in [-0.15, -0.1) is 0 Å². The predicted molar refractivity (Wildman–Crippen MR) is 198 cm³/mol. The van der Waals surface area contributed by atoms with Crippen molar-refractivity contribution < 1.29 is 0 Å². The maximum Gasteiger partial charge on any atom is 0.160 e. The molecule has 2 heteroatoms. The van der Waals surface area contributed by atoms with Gasteiger partial charge in [0.25, 0.3) is 0 Å². The van der Waals surface area contributed by atoms with E-state index >= 15 is 0 Å². The SMILES string of the molecule is CC1=C(c2ccc3c(c2)C(C)(C)c2ccccc2-3)N=C(c2ccc(-c3ccccc3)cc2)N=C(c2ccc(-c3ccccc3)cc2)C1. The fourth-order valence-corrected chi connectivity index (χ4v) is 7.11. The van der Waals surface area contributed by atoms with Crippen LogP contribution in [0.15, 0.2) is 167 Å². The molecule has 0 N–H and O–H groups in total. The largest absolute Gasteiger partial charge is 0.232 e. The third kappa shape index (κ3) is 5.26. The molecule has 6 aromatic rings. The molecule has 0 bridgehead atoms. The minimum atomic E-state index is -0.0803. The van der Waals surface area contributed by atoms with Crippen molar-refractivity contribution in [3.05, 3.63) is 185 Å². The molecule has 1 heterocycles. The molecule has 0 saturated carbocycles. The molecule has 226 valence electrons. The molecule has 1 aliphatic carbocycles. The van der Waals surface area contributed by atoms with Gasteiger partial charge in [0, 0.05) is 23.0 Å². The Hall–Kier alpha value is -5.60. The summed E-state index contributed by atoms with van der Waals surface area (Å²) >= 11 is 0. The maximum atomic E-state index is 5.37. The van der Waals surface area contributed by atoms with Gasteiger partial charge in [-0.3, -0.25) is 0 Å². The summed E-state index contributed by atoms with van der Waals surface area (Å²) < 4.78 is 0. The van der Waals surface area contributed by atoms with Crippen LogP contribution >= 0.6 is 0 Å². The van der Waals surface area contributed by atoms with Gasteiger partial charge in [-0.1, -0.05) is 159 Å². The number of aliphatic imine (C=N–C) groups is 2. The van der Waals surface area contributed by atoms with Crippen LogP contribution in [-0.4, -0.2) is 11.5 Å². The van der Waals surface area contributed by atoms with Gasteiger partial charge in [0.05, 0.1) is 11.4 Å². The number of nitrogens with zero attached hydrogens (tertiary/aromatic N) is 2. The van der Waals surface area contributed by atoms with Gasteiger partial charge in [0.2, 0.25) is 0 Å². The van der Waals surface area contributed by atoms with Crippen molar-refractivity contribution in [2.45, 2.75) is 32.6 Å². The number of hydrogen-bond acceptors (Lipinski definition) is 2. The number of hydrogen-bond donors (Lipinski definition) is 0. The van der Waals surface area contributed by atoms with Gasteiger partial charge >= 0.3 is 0 Å². The summed E-state index contributed by atoms with van der Waals surface area (Å²) in [7, 11) is 0. The van der Waals surface area contributed by atoms with E-state index in [1.807, 2.05) is 0 Å². The lowest BCUT2D eigenvalue weighted by atomic mass is 9.81. The predicted octanol–water partition coefficient (Wildman–Crippen LogP) is 11.4. The van der Waals surface area contributed by atoms with Gasteiger partial charge in [-0.25, -0.2) is 9.98 Å². The van der Waals surface area contributed by atoms with Crippen molar-refractivity contribution >= 4 is 17.2 Å². The highest BCUT2D eigenvalue weighted by Crippen LogP contribution is 2.49. The van der Waals surface area contributed by atoms with E-state index in [9.17, 15) is 0 Å². The van der Waals surface area contributed by atoms with Crippen LogP contribution in [0.3, 0.4) is 0 Å². The van der Waals surface area contributed by atoms with Crippen LogP contribution in [0.5, 0.6) is 0 Å². The Morgan fingerprint density at radius 1 is 0.447 bits per heavy atom. The fourth-order valence-electron chi connectivity index (χ4n) is 7.11. The Morgan fingerprint density at radius 2 is 0.936 bits per heavy atom. The van der Waals surface area contributed by atoms with Crippen molar-refractivity contribution in [2.75, 3.05) is 0 Å². The zero-order chi connectivity index (χ0) is 32.0. The first-order valence-electron chi connectivity index (χ1n) is 16.4. The molecule has 2 nitrogen and oxygen atoms in total. The van der Waals surface area contributed by atoms with Crippen molar-refractivity contribution in [1.29, 1.82) is 0 Å². The number of benzene rings is 6. The van der Waals surface area contributed by atoms with E-state index in [0.29, 0.717) is 0 Å². The molecule has 0 spiro atoms. The summed E-state index contributed by atoms with van der Waals surface area (Å²) in [5, 5.41) is 0. The quantitative estimate of drug-likeness (QED) is 0.187. The molecule has 2 aliphatic rings. The van der Waals surface area contributed by atoms with Crippen molar-refractivity contribution in [3.63, 3.8) is 0 Å². The average molecular weight is 605 g/mol. The highest BCUT2D eigenvalue weighted by Gasteiger charge is 2.35. The van der Waals surface area contributed by atoms with E-state index in [2.05, 4.69) is 172 Å². The van der Waals surface area contributed by atoms with Crippen LogP contribution in [0.2, 0.25) is 0 Å². The first-order valence-corrected chi connectivity index (χ1v) is 16.4. The highest BCUT2D eigenvalue weighted by molar-refractivity contribution is 6.16. The summed E-state index contributed by atoms with van der Waals surface area (Å²) in [6.45, 7) is 6.87. The van der Waals surface area contributed by atoms with E-state index in [1.165, 1.54) is 50.1 Å². The number of fused-ring (bicyclic) bond motifs is 3. The van der Waals surface area contributed by atoms with Crippen LogP contribution < -0.4 is 0 Å². The zero-order valence-electron chi connectivity index (χ0n) is 27.0. The number of rotatable bonds is 5. The van der Waals surface area contributed by atoms with Crippen LogP contribution in [0, 0.1) is 0 Å². The first-order chi connectivity index (χ1) is 23.0. The molecule has 0 atom stereocenters. The van der Waals surface area contributed by atoms with E-state index in [1.54, 1.807) is 0 Å². The Balaban J connectivity index is 1.23. The van der Waals surface area contributed by atoms with Crippen molar-refractivity contribution in [1.82, 2.24) is 0 Å². The maximum absolute atomic E-state index is 5.37. The Morgan fingerprint density at radius 3 is 1.57 bits per heavy atom. The van der Waals surface area contributed by atoms with Gasteiger partial charge < -0.3 is 0 Å². The van der Waals surface area contributed by atoms with E-state index in [-0.39, 0.29) is 5.41 Å². The fraction of sp³-hybridized carbons (Fsp3) is 0.111. The van der Waals surface area contributed by atoms with E-state index < -0.39 is 0 Å². The average Bonchev–Trinajstić information content (AvgIpc) is 3.23. The smallest absolute Gasteiger partial charge is 0.160 e. The number of amidine groups is 1. The second-order valence-corrected chi connectivity index (χ2v) is 13.1. The zero-order valence-corrected chi connectivity index (χ0v) is 27.0. The van der Waals surface area contributed by atoms with Gasteiger partial charge in [0.1, 0.15) is 0 Å². The summed E-state index contributed by atoms with van der Waals surface area (Å²) in [5.74, 6) is 0.738. The van der Waals surface area contributed by atoms with Crippen molar-refractivity contribution in [2.24, 2.45) is 9.98 Å². The third-order valence-corrected chi connectivity index (χ3v) is 9.73. The van der Waals surface area contributed by atoms with Gasteiger partial charge in [-0.2, -0.15) is 0 Å². The minimum Gasteiger partial charge on any atom is -0.232 e. The molecule has 0 unspecified atom stereocenters. The molecule has 8 rings (SSSR count). The highest BCUT2D eigenvalue weighted by atomic mass is 14.9. The number of allylic oxidation sites excluding steroid dienone is 1. The normalized spacial score (nSPS) is 15.0. The molecule has 0 aromatic heterocycles. The second kappa shape index (κ2) is 11.6. The van der Waals surface area contributed by atoms with Crippen LogP contribution in [-0.2, 0) is 5.41 Å². The van der Waals surface area contributed by atoms with Crippen molar-refractivity contribution in [3.8, 4) is 33.4 Å². The molecule has 6 aromatic carbocycles. The summed E-state index contributed by atoms with van der Waals surface area (Å²) in [6, 6.07) is 54.2. The second-order valence-electron chi connectivity index (χ2n) is 13.1. The van der Waals surface area contributed by atoms with Gasteiger partial charge in [-0.05, 0) is 68.6 Å². The summed E-state index contributed by atoms with van der Waals surface area (Å²) in [6.07, 6.45) is 0.718. The summed E-state index contributed by atoms with van der Waals surface area (Å²) in [4.78, 5) is 10.7.